The van der Waals surface area contributed by atoms with Crippen LogP contribution in [0.5, 0.6) is 5.75 Å². The van der Waals surface area contributed by atoms with Crippen LogP contribution in [0.1, 0.15) is 19.8 Å². The Morgan fingerprint density at radius 3 is 2.68 bits per heavy atom. The molecule has 0 radical (unpaired) electrons. The molecule has 0 aromatic heterocycles. The molecule has 1 rings (SSSR count). The predicted octanol–water partition coefficient (Wildman–Crippen LogP) is 0.959. The number of hydrogen-bond donors (Lipinski definition) is 2. The third kappa shape index (κ3) is 5.59. The van der Waals surface area contributed by atoms with Gasteiger partial charge in [0.25, 0.3) is 0 Å². The van der Waals surface area contributed by atoms with Gasteiger partial charge in [-0.3, -0.25) is 0 Å². The fraction of sp³-hybridized carbons (Fsp3) is 0.538. The number of hydrogen-bond acceptors (Lipinski definition) is 5. The van der Waals surface area contributed by atoms with Crippen LogP contribution < -0.4 is 10.5 Å². The molecule has 1 unspecified atom stereocenters. The van der Waals surface area contributed by atoms with Crippen molar-refractivity contribution in [1.29, 1.82) is 0 Å². The molecule has 19 heavy (non-hydrogen) atoms. The SMILES string of the molecule is CC(N)(CO)CCCOc1cccc(S(C)(=O)=O)c1. The highest BCUT2D eigenvalue weighted by molar-refractivity contribution is 7.90. The number of rotatable bonds is 7. The summed E-state index contributed by atoms with van der Waals surface area (Å²) in [6.45, 7) is 2.13. The molecule has 3 N–H and O–H groups in total. The minimum atomic E-state index is -3.22. The highest BCUT2D eigenvalue weighted by Crippen LogP contribution is 2.18. The summed E-state index contributed by atoms with van der Waals surface area (Å²) in [6.07, 6.45) is 2.49. The van der Waals surface area contributed by atoms with Gasteiger partial charge in [0.15, 0.2) is 9.84 Å². The van der Waals surface area contributed by atoms with Gasteiger partial charge < -0.3 is 15.6 Å². The van der Waals surface area contributed by atoms with Crippen LogP contribution in [0, 0.1) is 0 Å². The third-order valence-corrected chi connectivity index (χ3v) is 3.87. The van der Waals surface area contributed by atoms with Gasteiger partial charge in [0, 0.05) is 11.8 Å². The first-order valence-corrected chi connectivity index (χ1v) is 7.96. The van der Waals surface area contributed by atoms with E-state index in [9.17, 15) is 8.42 Å². The third-order valence-electron chi connectivity index (χ3n) is 2.76. The molecule has 5 nitrogen and oxygen atoms in total. The van der Waals surface area contributed by atoms with Gasteiger partial charge in [-0.1, -0.05) is 6.07 Å². The average Bonchev–Trinajstić information content (AvgIpc) is 2.34. The van der Waals surface area contributed by atoms with E-state index >= 15 is 0 Å². The summed E-state index contributed by atoms with van der Waals surface area (Å²) >= 11 is 0. The quantitative estimate of drug-likeness (QED) is 0.729. The molecule has 0 saturated heterocycles. The van der Waals surface area contributed by atoms with Crippen molar-refractivity contribution in [2.75, 3.05) is 19.5 Å². The Labute approximate surface area is 114 Å². The summed E-state index contributed by atoms with van der Waals surface area (Å²) in [7, 11) is -3.22. The number of aliphatic hydroxyl groups excluding tert-OH is 1. The molecule has 0 aliphatic carbocycles. The Morgan fingerprint density at radius 1 is 1.42 bits per heavy atom. The molecule has 1 aromatic rings. The van der Waals surface area contributed by atoms with Crippen molar-refractivity contribution in [3.8, 4) is 5.75 Å². The van der Waals surface area contributed by atoms with Gasteiger partial charge in [-0.25, -0.2) is 8.42 Å². The molecule has 0 aliphatic heterocycles. The van der Waals surface area contributed by atoms with E-state index in [1.807, 2.05) is 0 Å². The second-order valence-electron chi connectivity index (χ2n) is 5.01. The maximum Gasteiger partial charge on any atom is 0.175 e. The Kier molecular flexibility index (Phi) is 5.34. The van der Waals surface area contributed by atoms with Gasteiger partial charge in [0.2, 0.25) is 0 Å². The number of benzene rings is 1. The smallest absolute Gasteiger partial charge is 0.175 e. The van der Waals surface area contributed by atoms with Crippen LogP contribution in [0.25, 0.3) is 0 Å². The predicted molar refractivity (Wildman–Crippen MR) is 74.0 cm³/mol. The van der Waals surface area contributed by atoms with Gasteiger partial charge in [-0.2, -0.15) is 0 Å². The van der Waals surface area contributed by atoms with Gasteiger partial charge in [0.05, 0.1) is 18.1 Å². The number of nitrogens with two attached hydrogens (primary N) is 1. The molecule has 6 heteroatoms. The molecule has 0 bridgehead atoms. The summed E-state index contributed by atoms with van der Waals surface area (Å²) in [5.74, 6) is 0.519. The second-order valence-corrected chi connectivity index (χ2v) is 7.03. The summed E-state index contributed by atoms with van der Waals surface area (Å²) in [4.78, 5) is 0.240. The van der Waals surface area contributed by atoms with Gasteiger partial charge in [0.1, 0.15) is 5.75 Å². The minimum absolute atomic E-state index is 0.0729. The van der Waals surface area contributed by atoms with Crippen molar-refractivity contribution >= 4 is 9.84 Å². The van der Waals surface area contributed by atoms with E-state index in [0.717, 1.165) is 6.26 Å². The van der Waals surface area contributed by atoms with Crippen LogP contribution in [0.4, 0.5) is 0 Å². The number of ether oxygens (including phenoxy) is 1. The van der Waals surface area contributed by atoms with Crippen molar-refractivity contribution in [2.24, 2.45) is 5.73 Å². The fourth-order valence-corrected chi connectivity index (χ4v) is 2.20. The van der Waals surface area contributed by atoms with Crippen LogP contribution >= 0.6 is 0 Å². The van der Waals surface area contributed by atoms with Gasteiger partial charge >= 0.3 is 0 Å². The van der Waals surface area contributed by atoms with Gasteiger partial charge in [-0.15, -0.1) is 0 Å². The summed E-state index contributed by atoms with van der Waals surface area (Å²) in [5.41, 5.74) is 5.19. The standard InChI is InChI=1S/C13H21NO4S/c1-13(14,10-15)7-4-8-18-11-5-3-6-12(9-11)19(2,16)17/h3,5-6,9,15H,4,7-8,10,14H2,1-2H3. The van der Waals surface area contributed by atoms with Crippen molar-refractivity contribution in [1.82, 2.24) is 0 Å². The normalized spacial score (nSPS) is 14.9. The van der Waals surface area contributed by atoms with Crippen molar-refractivity contribution in [2.45, 2.75) is 30.2 Å². The van der Waals surface area contributed by atoms with E-state index in [2.05, 4.69) is 0 Å². The van der Waals surface area contributed by atoms with Crippen LogP contribution in [-0.4, -0.2) is 38.5 Å². The van der Waals surface area contributed by atoms with Crippen LogP contribution in [-0.2, 0) is 9.84 Å². The zero-order chi connectivity index (χ0) is 14.5. The van der Waals surface area contributed by atoms with E-state index in [1.54, 1.807) is 19.1 Å². The maximum atomic E-state index is 11.4. The highest BCUT2D eigenvalue weighted by Gasteiger charge is 2.16. The molecule has 0 spiro atoms. The largest absolute Gasteiger partial charge is 0.494 e. The Hall–Kier alpha value is -1.11. The maximum absolute atomic E-state index is 11.4. The molecule has 108 valence electrons. The molecule has 0 amide bonds. The van der Waals surface area contributed by atoms with E-state index < -0.39 is 15.4 Å². The fourth-order valence-electron chi connectivity index (χ4n) is 1.54. The average molecular weight is 287 g/mol. The highest BCUT2D eigenvalue weighted by atomic mass is 32.2. The number of aliphatic hydroxyl groups is 1. The lowest BCUT2D eigenvalue weighted by molar-refractivity contribution is 0.188. The van der Waals surface area contributed by atoms with Crippen LogP contribution in [0.15, 0.2) is 29.2 Å². The first-order chi connectivity index (χ1) is 8.74. The summed E-state index contributed by atoms with van der Waals surface area (Å²) in [6, 6.07) is 6.39. The zero-order valence-corrected chi connectivity index (χ0v) is 12.1. The molecule has 1 aromatic carbocycles. The van der Waals surface area contributed by atoms with Crippen molar-refractivity contribution < 1.29 is 18.3 Å². The lowest BCUT2D eigenvalue weighted by Crippen LogP contribution is -2.40. The minimum Gasteiger partial charge on any atom is -0.494 e. The molecule has 0 fully saturated rings. The van der Waals surface area contributed by atoms with Crippen molar-refractivity contribution in [3.63, 3.8) is 0 Å². The molecule has 0 heterocycles. The Bertz CT molecular complexity index is 511. The lowest BCUT2D eigenvalue weighted by Gasteiger charge is -2.21. The molecular formula is C13H21NO4S. The van der Waals surface area contributed by atoms with Crippen LogP contribution in [0.3, 0.4) is 0 Å². The second kappa shape index (κ2) is 6.36. The van der Waals surface area contributed by atoms with Gasteiger partial charge in [-0.05, 0) is 38.0 Å². The van der Waals surface area contributed by atoms with E-state index in [0.29, 0.717) is 25.2 Å². The molecule has 0 aliphatic rings. The Balaban J connectivity index is 2.51. The Morgan fingerprint density at radius 2 is 2.11 bits per heavy atom. The summed E-state index contributed by atoms with van der Waals surface area (Å²) < 4.78 is 28.3. The summed E-state index contributed by atoms with van der Waals surface area (Å²) in [5, 5.41) is 9.00. The zero-order valence-electron chi connectivity index (χ0n) is 11.3. The van der Waals surface area contributed by atoms with E-state index in [4.69, 9.17) is 15.6 Å². The molecule has 1 atom stereocenters. The number of sulfone groups is 1. The first kappa shape index (κ1) is 15.9. The van der Waals surface area contributed by atoms with Crippen molar-refractivity contribution in [3.05, 3.63) is 24.3 Å². The van der Waals surface area contributed by atoms with E-state index in [-0.39, 0.29) is 11.5 Å². The first-order valence-electron chi connectivity index (χ1n) is 6.07. The lowest BCUT2D eigenvalue weighted by atomic mass is 9.99. The van der Waals surface area contributed by atoms with Crippen LogP contribution in [0.2, 0.25) is 0 Å². The molecular weight excluding hydrogens is 266 g/mol. The topological polar surface area (TPSA) is 89.6 Å². The monoisotopic (exact) mass is 287 g/mol. The molecule has 0 saturated carbocycles. The van der Waals surface area contributed by atoms with E-state index in [1.165, 1.54) is 12.1 Å².